The number of nitrogens with zero attached hydrogens (tertiary/aromatic N) is 5. The molecule has 0 radical (unpaired) electrons. The summed E-state index contributed by atoms with van der Waals surface area (Å²) in [6.07, 6.45) is 3.49. The summed E-state index contributed by atoms with van der Waals surface area (Å²) in [5, 5.41) is 18.1. The number of aryl methyl sites for hydroxylation is 1. The molecule has 2 aliphatic rings. The van der Waals surface area contributed by atoms with Gasteiger partial charge in [-0.3, -0.25) is 14.5 Å². The van der Waals surface area contributed by atoms with E-state index < -0.39 is 29.2 Å². The van der Waals surface area contributed by atoms with Crippen molar-refractivity contribution in [3.05, 3.63) is 46.4 Å². The lowest BCUT2D eigenvalue weighted by atomic mass is 10.0. The number of aromatic nitrogens is 3. The van der Waals surface area contributed by atoms with Crippen LogP contribution in [0.5, 0.6) is 0 Å². The molecule has 0 aromatic carbocycles. The van der Waals surface area contributed by atoms with Gasteiger partial charge in [-0.15, -0.1) is 34.9 Å². The third-order valence-electron chi connectivity index (χ3n) is 5.13. The Bertz CT molecular complexity index is 1320. The fraction of sp³-hybridized carbons (Fsp3) is 0.286. The summed E-state index contributed by atoms with van der Waals surface area (Å²) < 4.78 is 0. The number of amides is 2. The van der Waals surface area contributed by atoms with Crippen molar-refractivity contribution in [1.29, 1.82) is 0 Å². The van der Waals surface area contributed by atoms with Gasteiger partial charge >= 0.3 is 5.97 Å². The molecule has 6 N–H and O–H groups in total. The van der Waals surface area contributed by atoms with E-state index in [-0.39, 0.29) is 22.2 Å². The number of nitrogen functional groups attached to an aromatic ring is 2. The minimum absolute atomic E-state index is 0.110. The molecular formula is C21H22N8O5S3. The predicted octanol–water partition coefficient (Wildman–Crippen LogP) is 0.844. The number of allylic oxidation sites excluding steroid dienone is 1. The predicted molar refractivity (Wildman–Crippen MR) is 141 cm³/mol. The molecule has 2 aromatic rings. The molecule has 194 valence electrons. The van der Waals surface area contributed by atoms with Crippen molar-refractivity contribution in [3.63, 3.8) is 0 Å². The van der Waals surface area contributed by atoms with Crippen LogP contribution in [0, 0.1) is 6.92 Å². The average Bonchev–Trinajstić information content (AvgIpc) is 3.27. The van der Waals surface area contributed by atoms with E-state index in [2.05, 4.69) is 25.4 Å². The molecule has 2 atom stereocenters. The second-order valence-electron chi connectivity index (χ2n) is 7.63. The number of hydrogen-bond donors (Lipinski definition) is 4. The van der Waals surface area contributed by atoms with E-state index in [9.17, 15) is 19.5 Å². The highest BCUT2D eigenvalue weighted by Gasteiger charge is 2.54. The van der Waals surface area contributed by atoms with E-state index in [1.165, 1.54) is 35.5 Å². The van der Waals surface area contributed by atoms with Crippen molar-refractivity contribution in [2.45, 2.75) is 23.4 Å². The summed E-state index contributed by atoms with van der Waals surface area (Å²) >= 11 is 3.89. The van der Waals surface area contributed by atoms with E-state index in [1.807, 2.05) is 0 Å². The molecule has 2 aromatic heterocycles. The summed E-state index contributed by atoms with van der Waals surface area (Å²) in [6.45, 7) is 1.75. The Labute approximate surface area is 223 Å². The minimum Gasteiger partial charge on any atom is -0.477 e. The maximum Gasteiger partial charge on any atom is 0.352 e. The van der Waals surface area contributed by atoms with Gasteiger partial charge in [-0.05, 0) is 12.5 Å². The zero-order valence-electron chi connectivity index (χ0n) is 19.6. The number of thioether (sulfide) groups is 2. The zero-order valence-corrected chi connectivity index (χ0v) is 22.0. The van der Waals surface area contributed by atoms with Gasteiger partial charge in [0.15, 0.2) is 10.8 Å². The van der Waals surface area contributed by atoms with Crippen LogP contribution in [0.15, 0.2) is 45.1 Å². The highest BCUT2D eigenvalue weighted by Crippen LogP contribution is 2.40. The lowest BCUT2D eigenvalue weighted by Crippen LogP contribution is -2.71. The maximum absolute atomic E-state index is 12.9. The largest absolute Gasteiger partial charge is 0.477 e. The third-order valence-corrected chi connectivity index (χ3v) is 7.97. The Balaban J connectivity index is 1.45. The van der Waals surface area contributed by atoms with Crippen LogP contribution in [-0.4, -0.2) is 78.5 Å². The molecule has 4 heterocycles. The van der Waals surface area contributed by atoms with Gasteiger partial charge in [0.2, 0.25) is 0 Å². The molecule has 0 unspecified atom stereocenters. The first-order valence-electron chi connectivity index (χ1n) is 10.6. The molecule has 37 heavy (non-hydrogen) atoms. The smallest absolute Gasteiger partial charge is 0.352 e. The summed E-state index contributed by atoms with van der Waals surface area (Å²) in [6, 6.07) is 0.728. The molecular weight excluding hydrogens is 540 g/mol. The monoisotopic (exact) mass is 562 g/mol. The number of carbonyl (C=O) groups is 3. The van der Waals surface area contributed by atoms with Crippen molar-refractivity contribution in [1.82, 2.24) is 25.2 Å². The van der Waals surface area contributed by atoms with Crippen LogP contribution in [-0.2, 0) is 19.2 Å². The molecule has 4 rings (SSSR count). The number of carboxylic acids is 1. The highest BCUT2D eigenvalue weighted by molar-refractivity contribution is 8.00. The van der Waals surface area contributed by atoms with Crippen LogP contribution in [0.1, 0.15) is 11.5 Å². The SMILES string of the molecule is CO/N=C(\C(=O)N[C@@H]1C(=O)N2C(C(=O)O)=C(/C=C/CSc3cc(N)nc(C)n3)CS[C@H]12)c1csc(N)n1. The maximum atomic E-state index is 12.9. The summed E-state index contributed by atoms with van der Waals surface area (Å²) in [7, 11) is 1.28. The van der Waals surface area contributed by atoms with Crippen molar-refractivity contribution in [2.75, 3.05) is 30.1 Å². The molecule has 0 spiro atoms. The van der Waals surface area contributed by atoms with Crippen molar-refractivity contribution < 1.29 is 24.3 Å². The standard InChI is InChI=1S/C21H22N8O5S3/c1-9-24-12(22)6-13(25-9)35-5-3-4-10-7-36-19-15(18(31)29(19)16(10)20(32)33)27-17(30)14(28-34-2)11-8-37-21(23)26-11/h3-4,6,8,15,19H,5,7H2,1-2H3,(H2,23,26)(H,27,30)(H,32,33)(H2,22,24,25)/b4-3+,28-14-/t15-,19-/m1/s1. The Morgan fingerprint density at radius 3 is 2.81 bits per heavy atom. The van der Waals surface area contributed by atoms with Gasteiger partial charge in [-0.2, -0.15) is 0 Å². The molecule has 2 aliphatic heterocycles. The molecule has 2 amide bonds. The number of nitrogens with two attached hydrogens (primary N) is 2. The topological polar surface area (TPSA) is 199 Å². The van der Waals surface area contributed by atoms with Crippen LogP contribution in [0.3, 0.4) is 0 Å². The number of nitrogens with one attached hydrogen (secondary N) is 1. The first-order valence-corrected chi connectivity index (χ1v) is 13.6. The van der Waals surface area contributed by atoms with Gasteiger partial charge in [0, 0.05) is 23.0 Å². The van der Waals surface area contributed by atoms with Gasteiger partial charge < -0.3 is 26.7 Å². The van der Waals surface area contributed by atoms with Crippen LogP contribution in [0.4, 0.5) is 10.9 Å². The molecule has 1 saturated heterocycles. The number of oxime groups is 1. The molecule has 1 fully saturated rings. The Morgan fingerprint density at radius 1 is 1.38 bits per heavy atom. The lowest BCUT2D eigenvalue weighted by molar-refractivity contribution is -0.150. The summed E-state index contributed by atoms with van der Waals surface area (Å²) in [5.74, 6) is -0.667. The molecule has 0 aliphatic carbocycles. The normalized spacial score (nSPS) is 19.6. The van der Waals surface area contributed by atoms with Crippen LogP contribution in [0.2, 0.25) is 0 Å². The van der Waals surface area contributed by atoms with Crippen LogP contribution in [0.25, 0.3) is 0 Å². The van der Waals surface area contributed by atoms with Crippen molar-refractivity contribution >= 4 is 69.3 Å². The van der Waals surface area contributed by atoms with Gasteiger partial charge in [0.05, 0.1) is 0 Å². The lowest BCUT2D eigenvalue weighted by Gasteiger charge is -2.49. The van der Waals surface area contributed by atoms with Crippen molar-refractivity contribution in [3.8, 4) is 0 Å². The first-order chi connectivity index (χ1) is 17.7. The Hall–Kier alpha value is -3.63. The van der Waals surface area contributed by atoms with Gasteiger partial charge in [0.25, 0.3) is 11.8 Å². The van der Waals surface area contributed by atoms with Crippen molar-refractivity contribution in [2.24, 2.45) is 5.16 Å². The van der Waals surface area contributed by atoms with E-state index >= 15 is 0 Å². The van der Waals surface area contributed by atoms with Gasteiger partial charge in [-0.1, -0.05) is 17.3 Å². The fourth-order valence-electron chi connectivity index (χ4n) is 3.63. The molecule has 0 saturated carbocycles. The van der Waals surface area contributed by atoms with Crippen LogP contribution >= 0.6 is 34.9 Å². The van der Waals surface area contributed by atoms with E-state index in [0.29, 0.717) is 33.7 Å². The number of hydrogen-bond acceptors (Lipinski definition) is 13. The molecule has 0 bridgehead atoms. The first kappa shape index (κ1) is 26.4. The number of aliphatic carboxylic acids is 1. The van der Waals surface area contributed by atoms with Gasteiger partial charge in [0.1, 0.15) is 46.6 Å². The number of β-lactam (4-membered cyclic amide) rings is 1. The summed E-state index contributed by atoms with van der Waals surface area (Å²) in [5.41, 5.74) is 11.8. The van der Waals surface area contributed by atoms with E-state index in [0.717, 1.165) is 11.3 Å². The summed E-state index contributed by atoms with van der Waals surface area (Å²) in [4.78, 5) is 56.1. The quantitative estimate of drug-likeness (QED) is 0.111. The zero-order chi connectivity index (χ0) is 26.7. The number of carboxylic acid groups (broad SMARTS) is 1. The Morgan fingerprint density at radius 2 is 2.16 bits per heavy atom. The second-order valence-corrected chi connectivity index (χ2v) is 10.7. The fourth-order valence-corrected chi connectivity index (χ4v) is 6.26. The molecule has 13 nitrogen and oxygen atoms in total. The van der Waals surface area contributed by atoms with Crippen LogP contribution < -0.4 is 16.8 Å². The third kappa shape index (κ3) is 5.70. The number of thiazole rings is 1. The Kier molecular flexibility index (Phi) is 7.99. The second kappa shape index (κ2) is 11.2. The molecule has 16 heteroatoms. The number of rotatable bonds is 9. The minimum atomic E-state index is -1.23. The number of anilines is 2. The van der Waals surface area contributed by atoms with E-state index in [4.69, 9.17) is 16.3 Å². The van der Waals surface area contributed by atoms with E-state index in [1.54, 1.807) is 30.5 Å². The number of carbonyl (C=O) groups excluding carboxylic acids is 2. The number of fused-ring (bicyclic) bond motifs is 1. The highest BCUT2D eigenvalue weighted by atomic mass is 32.2. The average molecular weight is 563 g/mol. The van der Waals surface area contributed by atoms with Gasteiger partial charge in [-0.25, -0.2) is 19.7 Å².